The number of aromatic nitrogens is 2. The molecule has 1 aliphatic heterocycles. The molecule has 0 spiro atoms. The predicted molar refractivity (Wildman–Crippen MR) is 142 cm³/mol. The van der Waals surface area contributed by atoms with Gasteiger partial charge in [-0.25, -0.2) is 12.8 Å². The van der Waals surface area contributed by atoms with Gasteiger partial charge in [-0.3, -0.25) is 13.8 Å². The number of carbonyl (C=O) groups is 1. The van der Waals surface area contributed by atoms with Gasteiger partial charge in [0.05, 0.1) is 46.7 Å². The molecule has 0 fully saturated rings. The van der Waals surface area contributed by atoms with Crippen LogP contribution in [0.5, 0.6) is 0 Å². The number of anilines is 1. The lowest BCUT2D eigenvalue weighted by Gasteiger charge is -2.29. The smallest absolute Gasteiger partial charge is 0.266 e. The normalized spacial score (nSPS) is 13.3. The number of sulfonamides is 1. The molecular formula is C26H21BrClFN4O3S. The molecule has 0 unspecified atom stereocenters. The maximum absolute atomic E-state index is 14.0. The topological polar surface area (TPSA) is 75.5 Å². The molecule has 37 heavy (non-hydrogen) atoms. The first-order valence-electron chi connectivity index (χ1n) is 11.4. The third kappa shape index (κ3) is 5.14. The second-order valence-corrected chi connectivity index (χ2v) is 11.6. The Balaban J connectivity index is 1.51. The molecule has 7 nitrogen and oxygen atoms in total. The summed E-state index contributed by atoms with van der Waals surface area (Å²) in [5.74, 6) is -0.801. The molecule has 2 heterocycles. The minimum atomic E-state index is -4.24. The largest absolute Gasteiger partial charge is 0.331 e. The quantitative estimate of drug-likeness (QED) is 0.292. The van der Waals surface area contributed by atoms with E-state index in [1.165, 1.54) is 42.5 Å². The van der Waals surface area contributed by atoms with Crippen LogP contribution in [0.4, 0.5) is 10.1 Å². The SMILES string of the molecule is O=C(c1ccc(Cl)c(S(=O)(=O)N(Cc2ccccc2)c2ccc(F)cc2)c1)N1CCn2ncc(Br)c2C1. The molecule has 5 rings (SSSR count). The van der Waals surface area contributed by atoms with Gasteiger partial charge in [0.1, 0.15) is 10.7 Å². The number of hydrogen-bond donors (Lipinski definition) is 0. The van der Waals surface area contributed by atoms with Crippen LogP contribution in [0.2, 0.25) is 5.02 Å². The summed E-state index contributed by atoms with van der Waals surface area (Å²) in [5.41, 5.74) is 2.07. The summed E-state index contributed by atoms with van der Waals surface area (Å²) in [4.78, 5) is 14.8. The van der Waals surface area contributed by atoms with E-state index in [0.717, 1.165) is 20.0 Å². The van der Waals surface area contributed by atoms with Crippen molar-refractivity contribution in [1.29, 1.82) is 0 Å². The van der Waals surface area contributed by atoms with Gasteiger partial charge in [0.15, 0.2) is 0 Å². The Kier molecular flexibility index (Phi) is 7.06. The molecule has 1 aromatic heterocycles. The monoisotopic (exact) mass is 602 g/mol. The minimum Gasteiger partial charge on any atom is -0.331 e. The zero-order chi connectivity index (χ0) is 26.2. The molecule has 11 heteroatoms. The summed E-state index contributed by atoms with van der Waals surface area (Å²) < 4.78 is 45.4. The van der Waals surface area contributed by atoms with Crippen LogP contribution in [0.3, 0.4) is 0 Å². The van der Waals surface area contributed by atoms with Gasteiger partial charge in [-0.15, -0.1) is 0 Å². The van der Waals surface area contributed by atoms with Crippen molar-refractivity contribution in [2.75, 3.05) is 10.8 Å². The summed E-state index contributed by atoms with van der Waals surface area (Å²) in [6.45, 7) is 1.29. The summed E-state index contributed by atoms with van der Waals surface area (Å²) in [7, 11) is -4.24. The average molecular weight is 604 g/mol. The van der Waals surface area contributed by atoms with Crippen LogP contribution < -0.4 is 4.31 Å². The van der Waals surface area contributed by atoms with Crippen molar-refractivity contribution in [2.45, 2.75) is 24.5 Å². The van der Waals surface area contributed by atoms with Gasteiger partial charge >= 0.3 is 0 Å². The van der Waals surface area contributed by atoms with Gasteiger partial charge in [0.2, 0.25) is 0 Å². The lowest BCUT2D eigenvalue weighted by Crippen LogP contribution is -2.38. The fraction of sp³-hybridized carbons (Fsp3) is 0.154. The molecule has 0 aliphatic carbocycles. The lowest BCUT2D eigenvalue weighted by atomic mass is 10.2. The Morgan fingerprint density at radius 2 is 1.78 bits per heavy atom. The average Bonchev–Trinajstić information content (AvgIpc) is 3.28. The van der Waals surface area contributed by atoms with E-state index in [2.05, 4.69) is 21.0 Å². The van der Waals surface area contributed by atoms with Crippen molar-refractivity contribution < 1.29 is 17.6 Å². The Hall–Kier alpha value is -3.21. The van der Waals surface area contributed by atoms with Crippen LogP contribution in [-0.4, -0.2) is 35.6 Å². The van der Waals surface area contributed by atoms with Crippen molar-refractivity contribution >= 4 is 49.1 Å². The number of nitrogens with zero attached hydrogens (tertiary/aromatic N) is 4. The molecule has 0 saturated heterocycles. The van der Waals surface area contributed by atoms with Crippen LogP contribution in [0.15, 0.2) is 88.4 Å². The number of rotatable bonds is 6. The van der Waals surface area contributed by atoms with Crippen molar-refractivity contribution in [1.82, 2.24) is 14.7 Å². The highest BCUT2D eigenvalue weighted by atomic mass is 79.9. The zero-order valence-corrected chi connectivity index (χ0v) is 22.5. The van der Waals surface area contributed by atoms with E-state index in [0.29, 0.717) is 19.6 Å². The molecule has 0 saturated carbocycles. The van der Waals surface area contributed by atoms with E-state index in [4.69, 9.17) is 11.6 Å². The maximum Gasteiger partial charge on any atom is 0.266 e. The number of halogens is 3. The summed E-state index contributed by atoms with van der Waals surface area (Å²) in [6.07, 6.45) is 1.69. The van der Waals surface area contributed by atoms with Crippen molar-refractivity contribution in [2.24, 2.45) is 0 Å². The van der Waals surface area contributed by atoms with E-state index in [1.807, 2.05) is 10.7 Å². The van der Waals surface area contributed by atoms with Crippen LogP contribution in [0.25, 0.3) is 0 Å². The molecule has 190 valence electrons. The third-order valence-electron chi connectivity index (χ3n) is 6.14. The van der Waals surface area contributed by atoms with Gasteiger partial charge in [-0.2, -0.15) is 5.10 Å². The Bertz CT molecular complexity index is 1560. The van der Waals surface area contributed by atoms with E-state index >= 15 is 0 Å². The van der Waals surface area contributed by atoms with Gasteiger partial charge in [-0.05, 0) is 64.0 Å². The van der Waals surface area contributed by atoms with Crippen LogP contribution in [0, 0.1) is 5.82 Å². The number of hydrogen-bond acceptors (Lipinski definition) is 4. The first kappa shape index (κ1) is 25.4. The molecule has 0 radical (unpaired) electrons. The van der Waals surface area contributed by atoms with Gasteiger partial charge in [0.25, 0.3) is 15.9 Å². The van der Waals surface area contributed by atoms with Crippen molar-refractivity contribution in [3.63, 3.8) is 0 Å². The van der Waals surface area contributed by atoms with Crippen LogP contribution in [-0.2, 0) is 29.7 Å². The summed E-state index contributed by atoms with van der Waals surface area (Å²) >= 11 is 9.85. The lowest BCUT2D eigenvalue weighted by molar-refractivity contribution is 0.0705. The fourth-order valence-corrected chi connectivity index (χ4v) is 6.57. The summed E-state index contributed by atoms with van der Waals surface area (Å²) in [6, 6.07) is 18.5. The Labute approximate surface area is 227 Å². The molecule has 4 aromatic rings. The molecule has 0 N–H and O–H groups in total. The Morgan fingerprint density at radius 1 is 1.05 bits per heavy atom. The second-order valence-electron chi connectivity index (χ2n) is 8.51. The molecule has 0 atom stereocenters. The van der Waals surface area contributed by atoms with Gasteiger partial charge < -0.3 is 4.90 Å². The minimum absolute atomic E-state index is 0.00650. The number of benzene rings is 3. The number of carbonyl (C=O) groups excluding carboxylic acids is 1. The highest BCUT2D eigenvalue weighted by Gasteiger charge is 2.30. The van der Waals surface area contributed by atoms with Gasteiger partial charge in [-0.1, -0.05) is 41.9 Å². The van der Waals surface area contributed by atoms with E-state index in [9.17, 15) is 17.6 Å². The highest BCUT2D eigenvalue weighted by molar-refractivity contribution is 9.10. The predicted octanol–water partition coefficient (Wildman–Crippen LogP) is 5.49. The zero-order valence-electron chi connectivity index (χ0n) is 19.4. The maximum atomic E-state index is 14.0. The number of fused-ring (bicyclic) bond motifs is 1. The first-order valence-corrected chi connectivity index (χ1v) is 14.0. The summed E-state index contributed by atoms with van der Waals surface area (Å²) in [5, 5.41) is 4.26. The van der Waals surface area contributed by atoms with E-state index < -0.39 is 15.8 Å². The molecular weight excluding hydrogens is 583 g/mol. The molecule has 0 bridgehead atoms. The molecule has 3 aromatic carbocycles. The number of amides is 1. The first-order chi connectivity index (χ1) is 17.7. The van der Waals surface area contributed by atoms with E-state index in [-0.39, 0.29) is 33.6 Å². The van der Waals surface area contributed by atoms with Gasteiger partial charge in [0, 0.05) is 12.1 Å². The van der Waals surface area contributed by atoms with Crippen molar-refractivity contribution in [3.8, 4) is 0 Å². The molecule has 1 aliphatic rings. The van der Waals surface area contributed by atoms with Crippen LogP contribution >= 0.6 is 27.5 Å². The Morgan fingerprint density at radius 3 is 2.51 bits per heavy atom. The standard InChI is InChI=1S/C26H21BrClFN4O3S/c27-22-15-30-32-13-12-31(17-24(22)32)26(34)19-6-11-23(28)25(14-19)37(35,36)33(16-18-4-2-1-3-5-18)21-9-7-20(29)8-10-21/h1-11,14-15H,12-13,16-17H2. The highest BCUT2D eigenvalue weighted by Crippen LogP contribution is 2.32. The van der Waals surface area contributed by atoms with E-state index in [1.54, 1.807) is 35.4 Å². The van der Waals surface area contributed by atoms with Crippen molar-refractivity contribution in [3.05, 3.63) is 111 Å². The second kappa shape index (κ2) is 10.3. The van der Waals surface area contributed by atoms with Crippen LogP contribution in [0.1, 0.15) is 21.6 Å². The third-order valence-corrected chi connectivity index (χ3v) is 9.05. The molecule has 1 amide bonds. The fourth-order valence-electron chi connectivity index (χ4n) is 4.19.